The largest absolute Gasteiger partial charge is 0.444 e. The Bertz CT molecular complexity index is 767. The lowest BCUT2D eigenvalue weighted by atomic mass is 10.1. The van der Waals surface area contributed by atoms with E-state index < -0.39 is 29.6 Å². The summed E-state index contributed by atoms with van der Waals surface area (Å²) in [6, 6.07) is 0.858. The number of ether oxygens (including phenoxy) is 1. The number of alkyl halides is 3. The van der Waals surface area contributed by atoms with Crippen molar-refractivity contribution in [3.63, 3.8) is 0 Å². The zero-order chi connectivity index (χ0) is 20.2. The Balaban J connectivity index is 2.34. The molecule has 0 saturated heterocycles. The Kier molecular flexibility index (Phi) is 5.92. The molecule has 0 bridgehead atoms. The summed E-state index contributed by atoms with van der Waals surface area (Å²) in [6.07, 6.45) is 0.897. The molecule has 0 aliphatic carbocycles. The molecular formula is C18H20F3N3O3. The monoisotopic (exact) mass is 383 g/mol. The van der Waals surface area contributed by atoms with Gasteiger partial charge in [0.1, 0.15) is 11.8 Å². The molecule has 146 valence electrons. The predicted octanol–water partition coefficient (Wildman–Crippen LogP) is 3.41. The second kappa shape index (κ2) is 7.81. The molecule has 2 heterocycles. The van der Waals surface area contributed by atoms with Gasteiger partial charge in [0.25, 0.3) is 0 Å². The Morgan fingerprint density at radius 1 is 1.37 bits per heavy atom. The van der Waals surface area contributed by atoms with E-state index in [1.807, 2.05) is 0 Å². The van der Waals surface area contributed by atoms with Crippen molar-refractivity contribution >= 4 is 12.4 Å². The molecule has 27 heavy (non-hydrogen) atoms. The molecule has 0 spiro atoms. The molecule has 2 rings (SSSR count). The van der Waals surface area contributed by atoms with Gasteiger partial charge in [-0.3, -0.25) is 14.7 Å². The lowest BCUT2D eigenvalue weighted by Crippen LogP contribution is -2.48. The van der Waals surface area contributed by atoms with E-state index in [1.165, 1.54) is 18.4 Å². The SMILES string of the molecule is CC(C)(C)OC(=O)N(Cc1cnccc1C(F)(F)F)C1C=CC(C=O)=CN1. The first-order chi connectivity index (χ1) is 12.5. The lowest BCUT2D eigenvalue weighted by molar-refractivity contribution is -0.138. The number of dihydropyridines is 1. The number of halogens is 3. The van der Waals surface area contributed by atoms with E-state index in [0.29, 0.717) is 11.9 Å². The average Bonchev–Trinajstić information content (AvgIpc) is 2.57. The highest BCUT2D eigenvalue weighted by molar-refractivity contribution is 5.78. The number of hydrogen-bond donors (Lipinski definition) is 1. The molecule has 0 fully saturated rings. The highest BCUT2D eigenvalue weighted by Gasteiger charge is 2.35. The van der Waals surface area contributed by atoms with Crippen LogP contribution in [0.25, 0.3) is 0 Å². The van der Waals surface area contributed by atoms with Crippen LogP contribution in [0.3, 0.4) is 0 Å². The van der Waals surface area contributed by atoms with Crippen molar-refractivity contribution in [2.24, 2.45) is 0 Å². The minimum atomic E-state index is -4.59. The third kappa shape index (κ3) is 5.57. The van der Waals surface area contributed by atoms with E-state index in [2.05, 4.69) is 10.3 Å². The fourth-order valence-electron chi connectivity index (χ4n) is 2.36. The molecular weight excluding hydrogens is 363 g/mol. The second-order valence-corrected chi connectivity index (χ2v) is 6.87. The van der Waals surface area contributed by atoms with Crippen molar-refractivity contribution in [1.29, 1.82) is 0 Å². The smallest absolute Gasteiger partial charge is 0.416 e. The maximum atomic E-state index is 13.3. The molecule has 6 nitrogen and oxygen atoms in total. The van der Waals surface area contributed by atoms with Crippen molar-refractivity contribution in [3.05, 3.63) is 53.5 Å². The molecule has 0 saturated carbocycles. The van der Waals surface area contributed by atoms with Gasteiger partial charge in [-0.05, 0) is 32.9 Å². The van der Waals surface area contributed by atoms with Crippen LogP contribution in [0.2, 0.25) is 0 Å². The van der Waals surface area contributed by atoms with E-state index >= 15 is 0 Å². The molecule has 0 aromatic carbocycles. The summed E-state index contributed by atoms with van der Waals surface area (Å²) in [5.41, 5.74) is -1.54. The van der Waals surface area contributed by atoms with E-state index in [9.17, 15) is 22.8 Å². The summed E-state index contributed by atoms with van der Waals surface area (Å²) >= 11 is 0. The van der Waals surface area contributed by atoms with Gasteiger partial charge in [-0.25, -0.2) is 4.79 Å². The van der Waals surface area contributed by atoms with Gasteiger partial charge >= 0.3 is 12.3 Å². The lowest BCUT2D eigenvalue weighted by Gasteiger charge is -2.33. The molecule has 1 amide bonds. The number of carbonyl (C=O) groups excluding carboxylic acids is 2. The van der Waals surface area contributed by atoms with Crippen LogP contribution >= 0.6 is 0 Å². The van der Waals surface area contributed by atoms with E-state index in [0.717, 1.165) is 23.4 Å². The van der Waals surface area contributed by atoms with E-state index in [1.54, 1.807) is 20.8 Å². The summed E-state index contributed by atoms with van der Waals surface area (Å²) in [5, 5.41) is 2.81. The third-order valence-corrected chi connectivity index (χ3v) is 3.54. The van der Waals surface area contributed by atoms with Gasteiger partial charge < -0.3 is 10.1 Å². The number of pyridine rings is 1. The first-order valence-electron chi connectivity index (χ1n) is 8.10. The van der Waals surface area contributed by atoms with Gasteiger partial charge in [0.2, 0.25) is 0 Å². The van der Waals surface area contributed by atoms with Crippen molar-refractivity contribution < 1.29 is 27.5 Å². The minimum absolute atomic E-state index is 0.170. The number of amides is 1. The Labute approximate surface area is 154 Å². The highest BCUT2D eigenvalue weighted by atomic mass is 19.4. The predicted molar refractivity (Wildman–Crippen MR) is 91.2 cm³/mol. The number of aldehydes is 1. The fourth-order valence-corrected chi connectivity index (χ4v) is 2.36. The zero-order valence-electron chi connectivity index (χ0n) is 15.1. The van der Waals surface area contributed by atoms with Gasteiger partial charge in [0, 0.05) is 29.7 Å². The van der Waals surface area contributed by atoms with Crippen molar-refractivity contribution in [3.8, 4) is 0 Å². The molecule has 1 aromatic rings. The van der Waals surface area contributed by atoms with Crippen molar-refractivity contribution in [2.75, 3.05) is 0 Å². The average molecular weight is 383 g/mol. The van der Waals surface area contributed by atoms with Crippen LogP contribution in [0.4, 0.5) is 18.0 Å². The Morgan fingerprint density at radius 3 is 2.59 bits per heavy atom. The van der Waals surface area contributed by atoms with Gasteiger partial charge in [-0.2, -0.15) is 13.2 Å². The molecule has 0 radical (unpaired) electrons. The number of rotatable bonds is 4. The topological polar surface area (TPSA) is 71.5 Å². The van der Waals surface area contributed by atoms with Crippen LogP contribution in [-0.2, 0) is 22.3 Å². The first-order valence-corrected chi connectivity index (χ1v) is 8.10. The summed E-state index contributed by atoms with van der Waals surface area (Å²) in [4.78, 5) is 28.3. The molecule has 1 atom stereocenters. The van der Waals surface area contributed by atoms with Crippen LogP contribution in [-0.4, -0.2) is 34.0 Å². The maximum absolute atomic E-state index is 13.3. The summed E-state index contributed by atoms with van der Waals surface area (Å²) < 4.78 is 45.1. The number of carbonyl (C=O) groups is 2. The van der Waals surface area contributed by atoms with Crippen LogP contribution in [0.1, 0.15) is 31.9 Å². The molecule has 1 N–H and O–H groups in total. The van der Waals surface area contributed by atoms with Gasteiger partial charge in [0.05, 0.1) is 12.1 Å². The van der Waals surface area contributed by atoms with E-state index in [4.69, 9.17) is 4.74 Å². The van der Waals surface area contributed by atoms with Crippen LogP contribution < -0.4 is 5.32 Å². The first kappa shape index (κ1) is 20.5. The Morgan fingerprint density at radius 2 is 2.07 bits per heavy atom. The van der Waals surface area contributed by atoms with Gasteiger partial charge in [-0.1, -0.05) is 6.08 Å². The third-order valence-electron chi connectivity index (χ3n) is 3.54. The number of allylic oxidation sites excluding steroid dienone is 2. The van der Waals surface area contributed by atoms with Gasteiger partial charge in [-0.15, -0.1) is 0 Å². The fraction of sp³-hybridized carbons (Fsp3) is 0.389. The number of nitrogens with zero attached hydrogens (tertiary/aromatic N) is 2. The number of hydrogen-bond acceptors (Lipinski definition) is 5. The second-order valence-electron chi connectivity index (χ2n) is 6.87. The van der Waals surface area contributed by atoms with Crippen molar-refractivity contribution in [2.45, 2.75) is 45.3 Å². The minimum Gasteiger partial charge on any atom is -0.444 e. The Hall–Kier alpha value is -2.84. The molecule has 1 aliphatic rings. The van der Waals surface area contributed by atoms with Crippen molar-refractivity contribution in [1.82, 2.24) is 15.2 Å². The number of aromatic nitrogens is 1. The van der Waals surface area contributed by atoms with Crippen LogP contribution in [0, 0.1) is 0 Å². The summed E-state index contributed by atoms with van der Waals surface area (Å²) in [5.74, 6) is 0. The molecule has 1 aliphatic heterocycles. The summed E-state index contributed by atoms with van der Waals surface area (Å²) in [7, 11) is 0. The zero-order valence-corrected chi connectivity index (χ0v) is 15.1. The molecule has 1 aromatic heterocycles. The van der Waals surface area contributed by atoms with Crippen LogP contribution in [0.15, 0.2) is 42.4 Å². The summed E-state index contributed by atoms with van der Waals surface area (Å²) in [6.45, 7) is 4.58. The molecule has 9 heteroatoms. The standard InChI is InChI=1S/C18H20F3N3O3/c1-17(2,3)27-16(26)24(15-5-4-12(11-25)8-23-15)10-13-9-22-7-6-14(13)18(19,20)21/h4-9,11,15,23H,10H2,1-3H3. The number of nitrogens with one attached hydrogen (secondary N) is 1. The quantitative estimate of drug-likeness (QED) is 0.807. The van der Waals surface area contributed by atoms with Crippen LogP contribution in [0.5, 0.6) is 0 Å². The molecule has 1 unspecified atom stereocenters. The van der Waals surface area contributed by atoms with Gasteiger partial charge in [0.15, 0.2) is 6.29 Å². The maximum Gasteiger partial charge on any atom is 0.416 e. The normalized spacial score (nSPS) is 17.0. The highest BCUT2D eigenvalue weighted by Crippen LogP contribution is 2.32. The van der Waals surface area contributed by atoms with E-state index in [-0.39, 0.29) is 12.1 Å².